The van der Waals surface area contributed by atoms with Crippen LogP contribution in [-0.4, -0.2) is 16.3 Å². The minimum atomic E-state index is 0.612. The molecule has 0 bridgehead atoms. The van der Waals surface area contributed by atoms with Gasteiger partial charge in [0.05, 0.1) is 11.4 Å². The van der Waals surface area contributed by atoms with Gasteiger partial charge in [-0.3, -0.25) is 0 Å². The second-order valence-electron chi connectivity index (χ2n) is 4.56. The fourth-order valence-corrected chi connectivity index (χ4v) is 2.42. The molecule has 1 heterocycles. The van der Waals surface area contributed by atoms with Crippen LogP contribution in [0.1, 0.15) is 30.8 Å². The number of rotatable bonds is 5. The van der Waals surface area contributed by atoms with Gasteiger partial charge in [0, 0.05) is 10.7 Å². The number of hydrogen-bond acceptors (Lipinski definition) is 2. The summed E-state index contributed by atoms with van der Waals surface area (Å²) in [6, 6.07) is 8.22. The molecule has 0 radical (unpaired) electrons. The van der Waals surface area contributed by atoms with E-state index < -0.39 is 0 Å². The number of nitrogens with two attached hydrogens (primary N) is 1. The lowest BCUT2D eigenvalue weighted by molar-refractivity contribution is 0.793. The zero-order valence-electron chi connectivity index (χ0n) is 11.5. The van der Waals surface area contributed by atoms with Gasteiger partial charge in [0.25, 0.3) is 0 Å². The molecule has 0 aliphatic heterocycles. The summed E-state index contributed by atoms with van der Waals surface area (Å²) in [4.78, 5) is 0. The fourth-order valence-electron chi connectivity index (χ4n) is 2.15. The third-order valence-electron chi connectivity index (χ3n) is 3.25. The molecule has 0 saturated carbocycles. The van der Waals surface area contributed by atoms with Gasteiger partial charge in [-0.05, 0) is 49.6 Å². The van der Waals surface area contributed by atoms with Gasteiger partial charge in [0.2, 0.25) is 0 Å². The van der Waals surface area contributed by atoms with Crippen molar-refractivity contribution in [1.29, 1.82) is 0 Å². The van der Waals surface area contributed by atoms with Crippen molar-refractivity contribution < 1.29 is 0 Å². The van der Waals surface area contributed by atoms with Crippen molar-refractivity contribution in [3.63, 3.8) is 0 Å². The Balaban J connectivity index is 2.41. The molecule has 19 heavy (non-hydrogen) atoms. The van der Waals surface area contributed by atoms with E-state index in [9.17, 15) is 0 Å². The minimum absolute atomic E-state index is 0.612. The van der Waals surface area contributed by atoms with Crippen LogP contribution in [0.15, 0.2) is 24.3 Å². The third kappa shape index (κ3) is 2.99. The van der Waals surface area contributed by atoms with Crippen LogP contribution >= 0.6 is 11.6 Å². The topological polar surface area (TPSA) is 43.8 Å². The van der Waals surface area contributed by atoms with Crippen molar-refractivity contribution in [2.45, 2.75) is 33.1 Å². The predicted octanol–water partition coefficient (Wildman–Crippen LogP) is 3.15. The lowest BCUT2D eigenvalue weighted by atomic mass is 10.1. The third-order valence-corrected chi connectivity index (χ3v) is 3.60. The van der Waals surface area contributed by atoms with Gasteiger partial charge in [0.15, 0.2) is 0 Å². The number of benzene rings is 1. The Bertz CT molecular complexity index is 561. The quantitative estimate of drug-likeness (QED) is 0.912. The van der Waals surface area contributed by atoms with Crippen LogP contribution in [0.3, 0.4) is 0 Å². The van der Waals surface area contributed by atoms with E-state index >= 15 is 0 Å². The van der Waals surface area contributed by atoms with Gasteiger partial charge >= 0.3 is 0 Å². The molecular weight excluding hydrogens is 258 g/mol. The maximum atomic E-state index is 6.30. The second-order valence-corrected chi connectivity index (χ2v) is 4.97. The molecule has 2 aromatic rings. The highest BCUT2D eigenvalue weighted by atomic mass is 35.5. The molecule has 0 atom stereocenters. The average molecular weight is 278 g/mol. The van der Waals surface area contributed by atoms with Crippen LogP contribution in [0.25, 0.3) is 5.69 Å². The van der Waals surface area contributed by atoms with Gasteiger partial charge in [-0.25, -0.2) is 4.68 Å². The van der Waals surface area contributed by atoms with E-state index in [1.165, 1.54) is 5.69 Å². The van der Waals surface area contributed by atoms with E-state index in [2.05, 4.69) is 31.1 Å². The van der Waals surface area contributed by atoms with Crippen molar-refractivity contribution in [2.75, 3.05) is 6.54 Å². The highest BCUT2D eigenvalue weighted by molar-refractivity contribution is 6.31. The highest BCUT2D eigenvalue weighted by Gasteiger charge is 2.09. The number of aromatic nitrogens is 2. The Morgan fingerprint density at radius 3 is 2.58 bits per heavy atom. The van der Waals surface area contributed by atoms with Crippen LogP contribution in [-0.2, 0) is 19.3 Å². The summed E-state index contributed by atoms with van der Waals surface area (Å²) in [5.41, 5.74) is 10.00. The molecule has 0 saturated heterocycles. The van der Waals surface area contributed by atoms with Crippen LogP contribution in [0.2, 0.25) is 5.02 Å². The Labute approximate surface area is 119 Å². The predicted molar refractivity (Wildman–Crippen MR) is 80.1 cm³/mol. The molecular formula is C15H20ClN3. The molecule has 1 aromatic carbocycles. The first-order valence-corrected chi connectivity index (χ1v) is 7.14. The van der Waals surface area contributed by atoms with Crippen molar-refractivity contribution in [2.24, 2.45) is 5.73 Å². The summed E-state index contributed by atoms with van der Waals surface area (Å²) >= 11 is 6.30. The first-order chi connectivity index (χ1) is 9.19. The summed E-state index contributed by atoms with van der Waals surface area (Å²) in [5.74, 6) is 0. The monoisotopic (exact) mass is 277 g/mol. The molecule has 2 N–H and O–H groups in total. The van der Waals surface area contributed by atoms with E-state index in [-0.39, 0.29) is 0 Å². The molecule has 0 amide bonds. The number of nitrogens with zero attached hydrogens (tertiary/aromatic N) is 2. The molecule has 3 nitrogen and oxygen atoms in total. The van der Waals surface area contributed by atoms with Gasteiger partial charge in [-0.15, -0.1) is 0 Å². The zero-order chi connectivity index (χ0) is 13.8. The number of aryl methyl sites for hydroxylation is 2. The lowest BCUT2D eigenvalue weighted by Crippen LogP contribution is -2.05. The first-order valence-electron chi connectivity index (χ1n) is 6.76. The maximum absolute atomic E-state index is 6.30. The van der Waals surface area contributed by atoms with Gasteiger partial charge < -0.3 is 5.73 Å². The Hall–Kier alpha value is -1.32. The Morgan fingerprint density at radius 2 is 2.00 bits per heavy atom. The lowest BCUT2D eigenvalue weighted by Gasteiger charge is -2.09. The summed E-state index contributed by atoms with van der Waals surface area (Å²) < 4.78 is 1.98. The molecule has 102 valence electrons. The number of halogens is 1. The average Bonchev–Trinajstić information content (AvgIpc) is 2.84. The van der Waals surface area contributed by atoms with Crippen molar-refractivity contribution >= 4 is 11.6 Å². The standard InChI is InChI=1S/C15H20ClN3/c1-3-12-9-13(4-2)19(18-12)14-6-5-11(7-8-17)15(16)10-14/h5-6,9-10H,3-4,7-8,17H2,1-2H3. The normalized spacial score (nSPS) is 10.9. The highest BCUT2D eigenvalue weighted by Crippen LogP contribution is 2.22. The second kappa shape index (κ2) is 6.22. The molecule has 1 aromatic heterocycles. The van der Waals surface area contributed by atoms with E-state index in [1.807, 2.05) is 16.8 Å². The molecule has 0 unspecified atom stereocenters. The van der Waals surface area contributed by atoms with Gasteiger partial charge in [0.1, 0.15) is 0 Å². The SMILES string of the molecule is CCc1cc(CC)n(-c2ccc(CCN)c(Cl)c2)n1. The summed E-state index contributed by atoms with van der Waals surface area (Å²) in [6.07, 6.45) is 2.70. The van der Waals surface area contributed by atoms with Crippen LogP contribution in [0, 0.1) is 0 Å². The smallest absolute Gasteiger partial charge is 0.0663 e. The van der Waals surface area contributed by atoms with E-state index in [0.29, 0.717) is 6.54 Å². The molecule has 0 fully saturated rings. The summed E-state index contributed by atoms with van der Waals surface area (Å²) in [7, 11) is 0. The summed E-state index contributed by atoms with van der Waals surface area (Å²) in [5, 5.41) is 5.38. The van der Waals surface area contributed by atoms with Crippen molar-refractivity contribution in [1.82, 2.24) is 9.78 Å². The van der Waals surface area contributed by atoms with Gasteiger partial charge in [-0.1, -0.05) is 31.5 Å². The van der Waals surface area contributed by atoms with E-state index in [4.69, 9.17) is 17.3 Å². The maximum Gasteiger partial charge on any atom is 0.0663 e. The van der Waals surface area contributed by atoms with Crippen LogP contribution in [0.5, 0.6) is 0 Å². The summed E-state index contributed by atoms with van der Waals surface area (Å²) in [6.45, 7) is 4.86. The molecule has 0 aliphatic rings. The molecule has 0 spiro atoms. The van der Waals surface area contributed by atoms with E-state index in [0.717, 1.165) is 41.2 Å². The fraction of sp³-hybridized carbons (Fsp3) is 0.400. The Kier molecular flexibility index (Phi) is 4.61. The van der Waals surface area contributed by atoms with Crippen LogP contribution < -0.4 is 5.73 Å². The zero-order valence-corrected chi connectivity index (χ0v) is 12.2. The van der Waals surface area contributed by atoms with Crippen LogP contribution in [0.4, 0.5) is 0 Å². The molecule has 2 rings (SSSR count). The van der Waals surface area contributed by atoms with Crippen molar-refractivity contribution in [3.05, 3.63) is 46.2 Å². The first kappa shape index (κ1) is 14.1. The molecule has 0 aliphatic carbocycles. The minimum Gasteiger partial charge on any atom is -0.330 e. The van der Waals surface area contributed by atoms with Crippen molar-refractivity contribution in [3.8, 4) is 5.69 Å². The largest absolute Gasteiger partial charge is 0.330 e. The Morgan fingerprint density at radius 1 is 1.21 bits per heavy atom. The molecule has 4 heteroatoms. The van der Waals surface area contributed by atoms with E-state index in [1.54, 1.807) is 0 Å². The number of hydrogen-bond donors (Lipinski definition) is 1. The van der Waals surface area contributed by atoms with Gasteiger partial charge in [-0.2, -0.15) is 5.10 Å².